The van der Waals surface area contributed by atoms with Crippen LogP contribution in [0.4, 0.5) is 5.82 Å². The number of hydrogen-bond acceptors (Lipinski definition) is 8. The number of hydrogen-bond donors (Lipinski definition) is 1. The van der Waals surface area contributed by atoms with Gasteiger partial charge in [0.25, 0.3) is 0 Å². The first-order valence-electron chi connectivity index (χ1n) is 9.12. The van der Waals surface area contributed by atoms with Crippen molar-refractivity contribution >= 4 is 23.1 Å². The second kappa shape index (κ2) is 7.69. The predicted octanol–water partition coefficient (Wildman–Crippen LogP) is 2.16. The molecule has 0 spiro atoms. The third-order valence-corrected chi connectivity index (χ3v) is 5.51. The van der Waals surface area contributed by atoms with Crippen LogP contribution in [-0.4, -0.2) is 58.0 Å². The summed E-state index contributed by atoms with van der Waals surface area (Å²) in [7, 11) is 0. The number of nitrogens with zero attached hydrogens (tertiary/aromatic N) is 5. The number of amides is 1. The molecule has 0 unspecified atom stereocenters. The van der Waals surface area contributed by atoms with Crippen LogP contribution in [0.3, 0.4) is 0 Å². The monoisotopic (exact) mass is 398 g/mol. The van der Waals surface area contributed by atoms with Crippen molar-refractivity contribution in [2.24, 2.45) is 5.73 Å². The first-order chi connectivity index (χ1) is 13.5. The van der Waals surface area contributed by atoms with Crippen molar-refractivity contribution in [2.45, 2.75) is 19.9 Å². The van der Waals surface area contributed by atoms with Gasteiger partial charge in [0.05, 0.1) is 6.54 Å². The molecule has 3 aromatic heterocycles. The highest BCUT2D eigenvalue weighted by atomic mass is 32.1. The Balaban J connectivity index is 1.68. The largest absolute Gasteiger partial charge is 0.458 e. The number of carbonyl (C=O) groups excluding carboxylic acids is 1. The molecule has 8 nitrogen and oxygen atoms in total. The smallest absolute Gasteiger partial charge is 0.231 e. The van der Waals surface area contributed by atoms with Crippen LogP contribution in [0.5, 0.6) is 0 Å². The second-order valence-electron chi connectivity index (χ2n) is 6.93. The molecule has 1 aliphatic rings. The molecule has 9 heteroatoms. The molecular formula is C19H22N6O2S. The van der Waals surface area contributed by atoms with Gasteiger partial charge in [-0.25, -0.2) is 15.0 Å². The maximum atomic E-state index is 11.2. The lowest BCUT2D eigenvalue weighted by molar-refractivity contribution is -0.119. The highest BCUT2D eigenvalue weighted by Gasteiger charge is 2.27. The molecule has 1 atom stereocenters. The van der Waals surface area contributed by atoms with Gasteiger partial charge >= 0.3 is 0 Å². The number of furan rings is 1. The van der Waals surface area contributed by atoms with Gasteiger partial charge in [0, 0.05) is 43.3 Å². The Bertz CT molecular complexity index is 971. The van der Waals surface area contributed by atoms with E-state index in [1.807, 2.05) is 30.5 Å². The van der Waals surface area contributed by atoms with E-state index in [2.05, 4.69) is 26.7 Å². The van der Waals surface area contributed by atoms with Gasteiger partial charge in [0.2, 0.25) is 5.91 Å². The van der Waals surface area contributed by atoms with Gasteiger partial charge in [-0.1, -0.05) is 0 Å². The molecule has 4 rings (SSSR count). The van der Waals surface area contributed by atoms with Crippen molar-refractivity contribution in [1.29, 1.82) is 0 Å². The van der Waals surface area contributed by atoms with Gasteiger partial charge in [-0.3, -0.25) is 9.69 Å². The van der Waals surface area contributed by atoms with E-state index in [1.165, 1.54) is 11.3 Å². The van der Waals surface area contributed by atoms with E-state index in [0.717, 1.165) is 41.9 Å². The summed E-state index contributed by atoms with van der Waals surface area (Å²) in [4.78, 5) is 29.4. The maximum absolute atomic E-state index is 11.2. The van der Waals surface area contributed by atoms with Crippen molar-refractivity contribution in [1.82, 2.24) is 19.9 Å². The number of rotatable bonds is 5. The van der Waals surface area contributed by atoms with Crippen LogP contribution in [0.15, 0.2) is 34.2 Å². The van der Waals surface area contributed by atoms with Crippen LogP contribution >= 0.6 is 11.3 Å². The Hall–Kier alpha value is -2.78. The summed E-state index contributed by atoms with van der Waals surface area (Å²) in [5.74, 6) is 2.52. The molecule has 1 fully saturated rings. The van der Waals surface area contributed by atoms with Crippen LogP contribution in [0, 0.1) is 6.92 Å². The highest BCUT2D eigenvalue weighted by molar-refractivity contribution is 7.13. The summed E-state index contributed by atoms with van der Waals surface area (Å²) in [5, 5.41) is 2.77. The van der Waals surface area contributed by atoms with E-state index in [9.17, 15) is 4.79 Å². The van der Waals surface area contributed by atoms with E-state index in [1.54, 1.807) is 6.20 Å². The Morgan fingerprint density at radius 2 is 2.21 bits per heavy atom. The molecule has 0 radical (unpaired) electrons. The molecule has 146 valence electrons. The van der Waals surface area contributed by atoms with Crippen LogP contribution in [-0.2, 0) is 4.79 Å². The maximum Gasteiger partial charge on any atom is 0.231 e. The van der Waals surface area contributed by atoms with Crippen LogP contribution in [0.1, 0.15) is 12.7 Å². The van der Waals surface area contributed by atoms with E-state index in [-0.39, 0.29) is 18.5 Å². The summed E-state index contributed by atoms with van der Waals surface area (Å²) in [6.45, 7) is 6.54. The Kier molecular flexibility index (Phi) is 5.10. The molecule has 0 aliphatic carbocycles. The van der Waals surface area contributed by atoms with E-state index in [4.69, 9.17) is 15.1 Å². The van der Waals surface area contributed by atoms with Crippen molar-refractivity contribution in [3.63, 3.8) is 0 Å². The third-order valence-electron chi connectivity index (χ3n) is 4.71. The fourth-order valence-electron chi connectivity index (χ4n) is 3.44. The van der Waals surface area contributed by atoms with Gasteiger partial charge < -0.3 is 15.1 Å². The number of piperazine rings is 1. The molecular weight excluding hydrogens is 376 g/mol. The fourth-order valence-corrected chi connectivity index (χ4v) is 4.04. The van der Waals surface area contributed by atoms with E-state index >= 15 is 0 Å². The lowest BCUT2D eigenvalue weighted by atomic mass is 10.2. The molecule has 28 heavy (non-hydrogen) atoms. The van der Waals surface area contributed by atoms with Crippen LogP contribution in [0.2, 0.25) is 0 Å². The fraction of sp³-hybridized carbons (Fsp3) is 0.368. The molecule has 0 aromatic carbocycles. The van der Waals surface area contributed by atoms with E-state index in [0.29, 0.717) is 11.6 Å². The quantitative estimate of drug-likeness (QED) is 0.703. The van der Waals surface area contributed by atoms with Gasteiger partial charge in [-0.2, -0.15) is 0 Å². The summed E-state index contributed by atoms with van der Waals surface area (Å²) < 4.78 is 5.75. The zero-order valence-electron chi connectivity index (χ0n) is 15.8. The van der Waals surface area contributed by atoms with Crippen molar-refractivity contribution < 1.29 is 9.21 Å². The first kappa shape index (κ1) is 18.6. The van der Waals surface area contributed by atoms with E-state index < -0.39 is 0 Å². The molecule has 0 saturated carbocycles. The number of anilines is 1. The van der Waals surface area contributed by atoms with Gasteiger partial charge in [-0.15, -0.1) is 11.3 Å². The molecule has 3 aromatic rings. The van der Waals surface area contributed by atoms with Gasteiger partial charge in [0.15, 0.2) is 11.6 Å². The number of nitrogens with two attached hydrogens (primary N) is 1. The first-order valence-corrected chi connectivity index (χ1v) is 10.0. The minimum atomic E-state index is -0.302. The number of aromatic nitrogens is 3. The SMILES string of the molecule is Cc1ccc(-c2nc(-c3nccs3)cc(N3CCN(CC(N)=O)C[C@H]3C)n2)o1. The number of thiazole rings is 1. The van der Waals surface area contributed by atoms with Crippen LogP contribution < -0.4 is 10.6 Å². The van der Waals surface area contributed by atoms with Gasteiger partial charge in [-0.05, 0) is 26.0 Å². The predicted molar refractivity (Wildman–Crippen MR) is 108 cm³/mol. The number of primary amides is 1. The normalized spacial score (nSPS) is 17.8. The van der Waals surface area contributed by atoms with Gasteiger partial charge in [0.1, 0.15) is 22.3 Å². The Labute approximate surface area is 167 Å². The molecule has 4 heterocycles. The lowest BCUT2D eigenvalue weighted by Crippen LogP contribution is -2.54. The minimum Gasteiger partial charge on any atom is -0.458 e. The molecule has 1 amide bonds. The lowest BCUT2D eigenvalue weighted by Gasteiger charge is -2.40. The average molecular weight is 398 g/mol. The standard InChI is InChI=1S/C19H22N6O2S/c1-12-10-24(11-16(20)26)6-7-25(12)17-9-14(19-21-5-8-28-19)22-18(23-17)15-4-3-13(2)27-15/h3-5,8-9,12H,6-7,10-11H2,1-2H3,(H2,20,26)/t12-/m1/s1. The third kappa shape index (κ3) is 3.90. The van der Waals surface area contributed by atoms with Crippen molar-refractivity contribution in [2.75, 3.05) is 31.1 Å². The summed E-state index contributed by atoms with van der Waals surface area (Å²) in [5.41, 5.74) is 6.12. The molecule has 1 aliphatic heterocycles. The Morgan fingerprint density at radius 1 is 1.36 bits per heavy atom. The van der Waals surface area contributed by atoms with Crippen molar-refractivity contribution in [3.8, 4) is 22.3 Å². The summed E-state index contributed by atoms with van der Waals surface area (Å²) >= 11 is 1.54. The Morgan fingerprint density at radius 3 is 2.86 bits per heavy atom. The zero-order chi connectivity index (χ0) is 19.7. The van der Waals surface area contributed by atoms with Crippen molar-refractivity contribution in [3.05, 3.63) is 35.5 Å². The highest BCUT2D eigenvalue weighted by Crippen LogP contribution is 2.29. The average Bonchev–Trinajstić information content (AvgIpc) is 3.33. The summed E-state index contributed by atoms with van der Waals surface area (Å²) in [6, 6.07) is 5.94. The zero-order valence-corrected chi connectivity index (χ0v) is 16.6. The second-order valence-corrected chi connectivity index (χ2v) is 7.82. The molecule has 2 N–H and O–H groups in total. The van der Waals surface area contributed by atoms with Crippen LogP contribution in [0.25, 0.3) is 22.3 Å². The number of aryl methyl sites for hydroxylation is 1. The minimum absolute atomic E-state index is 0.179. The number of carbonyl (C=O) groups is 1. The topological polar surface area (TPSA) is 101 Å². The molecule has 0 bridgehead atoms. The summed E-state index contributed by atoms with van der Waals surface area (Å²) in [6.07, 6.45) is 1.77. The molecule has 1 saturated heterocycles.